The van der Waals surface area contributed by atoms with E-state index in [-0.39, 0.29) is 17.3 Å². The summed E-state index contributed by atoms with van der Waals surface area (Å²) in [6.07, 6.45) is 5.35. The lowest BCUT2D eigenvalue weighted by molar-refractivity contribution is 0.0938. The third kappa shape index (κ3) is 4.79. The van der Waals surface area contributed by atoms with E-state index in [9.17, 15) is 13.6 Å². The van der Waals surface area contributed by atoms with Crippen LogP contribution < -0.4 is 11.1 Å². The average molecular weight is 284 g/mol. The number of nitrogens with one attached hydrogen (secondary N) is 1. The Morgan fingerprint density at radius 3 is 2.55 bits per heavy atom. The van der Waals surface area contributed by atoms with Gasteiger partial charge in [-0.2, -0.15) is 0 Å². The minimum Gasteiger partial charge on any atom is -0.398 e. The van der Waals surface area contributed by atoms with Crippen molar-refractivity contribution in [2.75, 3.05) is 5.73 Å². The predicted molar refractivity (Wildman–Crippen MR) is 76.5 cm³/mol. The van der Waals surface area contributed by atoms with Crippen molar-refractivity contribution >= 4 is 11.6 Å². The largest absolute Gasteiger partial charge is 0.398 e. The van der Waals surface area contributed by atoms with Crippen molar-refractivity contribution in [2.45, 2.75) is 52.0 Å². The van der Waals surface area contributed by atoms with Crippen molar-refractivity contribution in [1.82, 2.24) is 5.32 Å². The van der Waals surface area contributed by atoms with Gasteiger partial charge >= 0.3 is 0 Å². The molecule has 0 aliphatic rings. The Morgan fingerprint density at radius 2 is 1.90 bits per heavy atom. The molecule has 112 valence electrons. The zero-order valence-electron chi connectivity index (χ0n) is 12.0. The van der Waals surface area contributed by atoms with Gasteiger partial charge in [-0.3, -0.25) is 4.79 Å². The van der Waals surface area contributed by atoms with Gasteiger partial charge in [0.05, 0.1) is 5.56 Å². The van der Waals surface area contributed by atoms with E-state index in [1.165, 1.54) is 6.42 Å². The molecular formula is C15H22F2N2O. The van der Waals surface area contributed by atoms with Crippen molar-refractivity contribution in [2.24, 2.45) is 0 Å². The summed E-state index contributed by atoms with van der Waals surface area (Å²) in [5, 5.41) is 2.75. The first kappa shape index (κ1) is 16.4. The number of rotatable bonds is 7. The van der Waals surface area contributed by atoms with Crippen LogP contribution in [0, 0.1) is 11.6 Å². The van der Waals surface area contributed by atoms with E-state index in [0.29, 0.717) is 0 Å². The number of halogens is 2. The minimum absolute atomic E-state index is 0.0214. The van der Waals surface area contributed by atoms with Crippen LogP contribution in [-0.2, 0) is 0 Å². The van der Waals surface area contributed by atoms with Crippen LogP contribution in [0.1, 0.15) is 56.3 Å². The number of anilines is 1. The van der Waals surface area contributed by atoms with Gasteiger partial charge in [-0.25, -0.2) is 8.78 Å². The quantitative estimate of drug-likeness (QED) is 0.593. The normalized spacial score (nSPS) is 12.2. The number of hydrogen-bond donors (Lipinski definition) is 2. The molecular weight excluding hydrogens is 262 g/mol. The van der Waals surface area contributed by atoms with E-state index in [1.807, 2.05) is 6.92 Å². The number of benzene rings is 1. The highest BCUT2D eigenvalue weighted by Crippen LogP contribution is 2.17. The number of nitrogen functional groups attached to an aromatic ring is 1. The number of nitrogens with two attached hydrogens (primary N) is 1. The summed E-state index contributed by atoms with van der Waals surface area (Å²) < 4.78 is 26.1. The second kappa shape index (κ2) is 7.82. The molecule has 0 spiro atoms. The van der Waals surface area contributed by atoms with Crippen LogP contribution in [0.3, 0.4) is 0 Å². The topological polar surface area (TPSA) is 55.1 Å². The Hall–Kier alpha value is -1.65. The first-order valence-corrected chi connectivity index (χ1v) is 7.01. The Bertz CT molecular complexity index is 463. The summed E-state index contributed by atoms with van der Waals surface area (Å²) in [6, 6.07) is 1.65. The lowest BCUT2D eigenvalue weighted by Gasteiger charge is -2.15. The van der Waals surface area contributed by atoms with E-state index in [2.05, 4.69) is 12.2 Å². The van der Waals surface area contributed by atoms with Gasteiger partial charge in [-0.05, 0) is 19.4 Å². The number of unbranched alkanes of at least 4 members (excludes halogenated alkanes) is 3. The molecule has 0 aromatic heterocycles. The zero-order valence-corrected chi connectivity index (χ0v) is 12.0. The Balaban J connectivity index is 2.56. The first-order valence-electron chi connectivity index (χ1n) is 7.01. The SMILES string of the molecule is CCCCCCC(C)NC(=O)c1cc(F)c(F)cc1N. The van der Waals surface area contributed by atoms with Gasteiger partial charge in [0, 0.05) is 17.8 Å². The molecule has 0 heterocycles. The molecule has 3 nitrogen and oxygen atoms in total. The molecule has 0 aliphatic carbocycles. The molecule has 0 aliphatic heterocycles. The lowest BCUT2D eigenvalue weighted by atomic mass is 10.1. The van der Waals surface area contributed by atoms with Crippen LogP contribution in [0.15, 0.2) is 12.1 Å². The third-order valence-electron chi connectivity index (χ3n) is 3.21. The molecule has 3 N–H and O–H groups in total. The maximum atomic E-state index is 13.1. The van der Waals surface area contributed by atoms with Gasteiger partial charge < -0.3 is 11.1 Å². The van der Waals surface area contributed by atoms with Crippen LogP contribution in [-0.4, -0.2) is 11.9 Å². The summed E-state index contributed by atoms with van der Waals surface area (Å²) in [5.74, 6) is -2.59. The zero-order chi connectivity index (χ0) is 15.1. The molecule has 1 amide bonds. The molecule has 1 aromatic rings. The fourth-order valence-electron chi connectivity index (χ4n) is 2.01. The highest BCUT2D eigenvalue weighted by molar-refractivity contribution is 5.99. The van der Waals surface area contributed by atoms with Crippen LogP contribution in [0.2, 0.25) is 0 Å². The maximum absolute atomic E-state index is 13.1. The fraction of sp³-hybridized carbons (Fsp3) is 0.533. The molecule has 0 bridgehead atoms. The number of carbonyl (C=O) groups is 1. The Morgan fingerprint density at radius 1 is 1.25 bits per heavy atom. The van der Waals surface area contributed by atoms with E-state index in [4.69, 9.17) is 5.73 Å². The molecule has 1 atom stereocenters. The second-order valence-corrected chi connectivity index (χ2v) is 5.08. The Labute approximate surface area is 118 Å². The summed E-state index contributed by atoms with van der Waals surface area (Å²) in [7, 11) is 0. The van der Waals surface area contributed by atoms with Crippen LogP contribution in [0.25, 0.3) is 0 Å². The summed E-state index contributed by atoms with van der Waals surface area (Å²) in [5.41, 5.74) is 5.46. The predicted octanol–water partition coefficient (Wildman–Crippen LogP) is 3.64. The summed E-state index contributed by atoms with van der Waals surface area (Å²) in [4.78, 5) is 11.9. The molecule has 1 rings (SSSR count). The monoisotopic (exact) mass is 284 g/mol. The summed E-state index contributed by atoms with van der Waals surface area (Å²) in [6.45, 7) is 4.02. The van der Waals surface area contributed by atoms with E-state index in [1.54, 1.807) is 0 Å². The van der Waals surface area contributed by atoms with Crippen molar-refractivity contribution in [3.63, 3.8) is 0 Å². The standard InChI is InChI=1S/C15H22F2N2O/c1-3-4-5-6-7-10(2)19-15(20)11-8-12(16)13(17)9-14(11)18/h8-10H,3-7,18H2,1-2H3,(H,19,20). The summed E-state index contributed by atoms with van der Waals surface area (Å²) >= 11 is 0. The number of hydrogen-bond acceptors (Lipinski definition) is 2. The van der Waals surface area contributed by atoms with Crippen LogP contribution in [0.5, 0.6) is 0 Å². The number of carbonyl (C=O) groups excluding carboxylic acids is 1. The van der Waals surface area contributed by atoms with Gasteiger partial charge in [0.15, 0.2) is 11.6 Å². The van der Waals surface area contributed by atoms with Crippen molar-refractivity contribution in [3.8, 4) is 0 Å². The first-order chi connectivity index (χ1) is 9.45. The highest BCUT2D eigenvalue weighted by atomic mass is 19.2. The van der Waals surface area contributed by atoms with Crippen LogP contribution in [0.4, 0.5) is 14.5 Å². The Kier molecular flexibility index (Phi) is 6.42. The van der Waals surface area contributed by atoms with Gasteiger partial charge in [-0.15, -0.1) is 0 Å². The van der Waals surface area contributed by atoms with E-state index >= 15 is 0 Å². The lowest BCUT2D eigenvalue weighted by Crippen LogP contribution is -2.33. The minimum atomic E-state index is -1.07. The van der Waals surface area contributed by atoms with Crippen LogP contribution >= 0.6 is 0 Å². The average Bonchev–Trinajstić information content (AvgIpc) is 2.38. The van der Waals surface area contributed by atoms with Crippen molar-refractivity contribution in [1.29, 1.82) is 0 Å². The molecule has 0 saturated carbocycles. The van der Waals surface area contributed by atoms with Gasteiger partial charge in [-0.1, -0.05) is 32.6 Å². The van der Waals surface area contributed by atoms with E-state index in [0.717, 1.165) is 37.8 Å². The molecule has 5 heteroatoms. The molecule has 1 unspecified atom stereocenters. The van der Waals surface area contributed by atoms with Gasteiger partial charge in [0.25, 0.3) is 5.91 Å². The maximum Gasteiger partial charge on any atom is 0.253 e. The van der Waals surface area contributed by atoms with Gasteiger partial charge in [0.1, 0.15) is 0 Å². The third-order valence-corrected chi connectivity index (χ3v) is 3.21. The second-order valence-electron chi connectivity index (χ2n) is 5.08. The van der Waals surface area contributed by atoms with Gasteiger partial charge in [0.2, 0.25) is 0 Å². The number of amides is 1. The highest BCUT2D eigenvalue weighted by Gasteiger charge is 2.15. The van der Waals surface area contributed by atoms with Crippen molar-refractivity contribution < 1.29 is 13.6 Å². The molecule has 0 radical (unpaired) electrons. The molecule has 20 heavy (non-hydrogen) atoms. The molecule has 1 aromatic carbocycles. The molecule has 0 saturated heterocycles. The van der Waals surface area contributed by atoms with Crippen molar-refractivity contribution in [3.05, 3.63) is 29.3 Å². The molecule has 0 fully saturated rings. The smallest absolute Gasteiger partial charge is 0.253 e. The van der Waals surface area contributed by atoms with E-state index < -0.39 is 17.5 Å². The fourth-order valence-corrected chi connectivity index (χ4v) is 2.01.